The Hall–Kier alpha value is -0.650. The standard InChI is InChI=1S/C22H30BrP/c1-3-5-11-17-24(23,18-12-6-4-2)21-15-9-7-13-19(21)20-14-8-10-16-22(20)24/h7-10,13-16H,3-6,11-12,17-18H2,1-2H3. The first kappa shape index (κ1) is 18.2. The summed E-state index contributed by atoms with van der Waals surface area (Å²) in [6, 6.07) is 18.4. The van der Waals surface area contributed by atoms with E-state index in [1.807, 2.05) is 0 Å². The molecule has 0 unspecified atom stereocenters. The first-order valence-electron chi connectivity index (χ1n) is 9.57. The predicted molar refractivity (Wildman–Crippen MR) is 116 cm³/mol. The molecule has 2 aromatic rings. The summed E-state index contributed by atoms with van der Waals surface area (Å²) < 4.78 is 0. The summed E-state index contributed by atoms with van der Waals surface area (Å²) in [4.78, 5) is 0. The first-order chi connectivity index (χ1) is 11.6. The topological polar surface area (TPSA) is 0 Å². The third-order valence-corrected chi connectivity index (χ3v) is 15.6. The van der Waals surface area contributed by atoms with Crippen molar-refractivity contribution in [1.82, 2.24) is 0 Å². The van der Waals surface area contributed by atoms with Gasteiger partial charge < -0.3 is 0 Å². The SMILES string of the molecule is CCCCCP1(Br)(CCCCC)c2ccccc2-c2ccccc21. The van der Waals surface area contributed by atoms with Crippen molar-refractivity contribution in [3.63, 3.8) is 0 Å². The van der Waals surface area contributed by atoms with Crippen LogP contribution in [0.3, 0.4) is 0 Å². The van der Waals surface area contributed by atoms with Crippen LogP contribution in [-0.4, -0.2) is 12.3 Å². The van der Waals surface area contributed by atoms with E-state index < -0.39 is 5.31 Å². The van der Waals surface area contributed by atoms with E-state index in [9.17, 15) is 0 Å². The summed E-state index contributed by atoms with van der Waals surface area (Å²) in [5.41, 5.74) is 2.96. The van der Waals surface area contributed by atoms with Gasteiger partial charge in [0.1, 0.15) is 0 Å². The van der Waals surface area contributed by atoms with Crippen LogP contribution >= 0.6 is 20.8 Å². The first-order valence-corrected chi connectivity index (χ1v) is 14.2. The molecule has 1 heterocycles. The zero-order valence-electron chi connectivity index (χ0n) is 15.1. The number of hydrogen-bond donors (Lipinski definition) is 0. The molecule has 0 aromatic heterocycles. The summed E-state index contributed by atoms with van der Waals surface area (Å²) in [5.74, 6) is 0. The molecule has 0 saturated carbocycles. The number of hydrogen-bond acceptors (Lipinski definition) is 0. The molecule has 0 bridgehead atoms. The molecule has 130 valence electrons. The minimum atomic E-state index is -2.24. The molecule has 0 fully saturated rings. The molecule has 0 amide bonds. The maximum absolute atomic E-state index is 4.54. The number of rotatable bonds is 8. The molecule has 24 heavy (non-hydrogen) atoms. The Kier molecular flexibility index (Phi) is 5.52. The van der Waals surface area contributed by atoms with Gasteiger partial charge in [-0.05, 0) is 0 Å². The third-order valence-electron chi connectivity index (χ3n) is 5.66. The van der Waals surface area contributed by atoms with Crippen molar-refractivity contribution in [3.05, 3.63) is 48.5 Å². The molecule has 0 N–H and O–H groups in total. The van der Waals surface area contributed by atoms with Gasteiger partial charge in [-0.15, -0.1) is 0 Å². The Morgan fingerprint density at radius 3 is 1.50 bits per heavy atom. The Labute approximate surface area is 155 Å². The number of halogens is 1. The summed E-state index contributed by atoms with van der Waals surface area (Å²) in [6.07, 6.45) is 10.5. The van der Waals surface area contributed by atoms with Crippen LogP contribution in [0.1, 0.15) is 52.4 Å². The summed E-state index contributed by atoms with van der Waals surface area (Å²) in [5, 5.41) is 1.01. The van der Waals surface area contributed by atoms with Gasteiger partial charge in [0, 0.05) is 0 Å². The molecular formula is C22H30BrP. The van der Waals surface area contributed by atoms with Crippen LogP contribution in [0.25, 0.3) is 11.1 Å². The van der Waals surface area contributed by atoms with Crippen LogP contribution in [0.4, 0.5) is 0 Å². The Bertz CT molecular complexity index is 647. The fourth-order valence-corrected chi connectivity index (χ4v) is 13.3. The second kappa shape index (κ2) is 7.30. The van der Waals surface area contributed by atoms with E-state index in [0.717, 1.165) is 0 Å². The average molecular weight is 405 g/mol. The Balaban J connectivity index is 2.15. The van der Waals surface area contributed by atoms with Crippen LogP contribution in [-0.2, 0) is 0 Å². The van der Waals surface area contributed by atoms with Crippen molar-refractivity contribution >= 4 is 31.4 Å². The Morgan fingerprint density at radius 2 is 1.08 bits per heavy atom. The van der Waals surface area contributed by atoms with Crippen LogP contribution in [0.15, 0.2) is 48.5 Å². The van der Waals surface area contributed by atoms with Crippen molar-refractivity contribution in [2.45, 2.75) is 52.4 Å². The molecule has 2 aromatic carbocycles. The van der Waals surface area contributed by atoms with E-state index in [0.29, 0.717) is 0 Å². The molecule has 3 rings (SSSR count). The summed E-state index contributed by atoms with van der Waals surface area (Å²) in [7, 11) is 0. The van der Waals surface area contributed by atoms with Crippen molar-refractivity contribution in [3.8, 4) is 11.1 Å². The van der Waals surface area contributed by atoms with E-state index in [1.165, 1.54) is 62.0 Å². The molecular weight excluding hydrogens is 375 g/mol. The zero-order chi connectivity index (χ0) is 17.1. The number of benzene rings is 2. The second-order valence-electron chi connectivity index (χ2n) is 7.27. The maximum atomic E-state index is 4.54. The van der Waals surface area contributed by atoms with E-state index in [2.05, 4.69) is 77.9 Å². The van der Waals surface area contributed by atoms with Crippen molar-refractivity contribution in [1.29, 1.82) is 0 Å². The number of fused-ring (bicyclic) bond motifs is 3. The van der Waals surface area contributed by atoms with Crippen LogP contribution < -0.4 is 10.6 Å². The zero-order valence-corrected chi connectivity index (χ0v) is 17.6. The summed E-state index contributed by atoms with van der Waals surface area (Å²) >= 11 is 4.54. The predicted octanol–water partition coefficient (Wildman–Crippen LogP) is 6.86. The van der Waals surface area contributed by atoms with Gasteiger partial charge in [0.25, 0.3) is 0 Å². The van der Waals surface area contributed by atoms with Gasteiger partial charge >= 0.3 is 156 Å². The Morgan fingerprint density at radius 1 is 0.667 bits per heavy atom. The number of unbranched alkanes of at least 4 members (excludes halogenated alkanes) is 4. The van der Waals surface area contributed by atoms with Gasteiger partial charge in [0.05, 0.1) is 0 Å². The molecule has 1 aliphatic rings. The van der Waals surface area contributed by atoms with Gasteiger partial charge in [-0.2, -0.15) is 0 Å². The minimum absolute atomic E-state index is 1.29. The quantitative estimate of drug-likeness (QED) is 0.332. The van der Waals surface area contributed by atoms with Crippen molar-refractivity contribution in [2.75, 3.05) is 12.3 Å². The van der Waals surface area contributed by atoms with Gasteiger partial charge in [-0.1, -0.05) is 0 Å². The van der Waals surface area contributed by atoms with Crippen LogP contribution in [0.2, 0.25) is 0 Å². The fraction of sp³-hybridized carbons (Fsp3) is 0.455. The van der Waals surface area contributed by atoms with Crippen LogP contribution in [0.5, 0.6) is 0 Å². The average Bonchev–Trinajstić information content (AvgIpc) is 2.84. The van der Waals surface area contributed by atoms with Gasteiger partial charge in [-0.3, -0.25) is 0 Å². The fourth-order valence-electron chi connectivity index (χ4n) is 4.40. The van der Waals surface area contributed by atoms with E-state index in [-0.39, 0.29) is 0 Å². The van der Waals surface area contributed by atoms with Crippen LogP contribution in [0, 0.1) is 0 Å². The molecule has 0 atom stereocenters. The van der Waals surface area contributed by atoms with E-state index in [4.69, 9.17) is 0 Å². The normalized spacial score (nSPS) is 18.4. The van der Waals surface area contributed by atoms with E-state index >= 15 is 0 Å². The van der Waals surface area contributed by atoms with Gasteiger partial charge in [0.2, 0.25) is 0 Å². The molecule has 1 aliphatic heterocycles. The molecule has 2 heteroatoms. The molecule has 0 spiro atoms. The molecule has 0 aliphatic carbocycles. The van der Waals surface area contributed by atoms with E-state index in [1.54, 1.807) is 10.6 Å². The van der Waals surface area contributed by atoms with Gasteiger partial charge in [-0.25, -0.2) is 0 Å². The molecule has 0 saturated heterocycles. The van der Waals surface area contributed by atoms with Gasteiger partial charge in [0.15, 0.2) is 0 Å². The molecule has 0 radical (unpaired) electrons. The third kappa shape index (κ3) is 2.89. The van der Waals surface area contributed by atoms with Crippen molar-refractivity contribution < 1.29 is 0 Å². The second-order valence-corrected chi connectivity index (χ2v) is 17.0. The monoisotopic (exact) mass is 404 g/mol. The molecule has 0 nitrogen and oxygen atoms in total. The van der Waals surface area contributed by atoms with Crippen molar-refractivity contribution in [2.24, 2.45) is 0 Å². The summed E-state index contributed by atoms with van der Waals surface area (Å²) in [6.45, 7) is 4.61.